The van der Waals surface area contributed by atoms with E-state index in [2.05, 4.69) is 10.1 Å². The van der Waals surface area contributed by atoms with Gasteiger partial charge in [-0.25, -0.2) is 4.98 Å². The van der Waals surface area contributed by atoms with Gasteiger partial charge in [0.05, 0.1) is 12.9 Å². The van der Waals surface area contributed by atoms with E-state index in [9.17, 15) is 0 Å². The second-order valence-corrected chi connectivity index (χ2v) is 3.36. The molecular weight excluding hydrogens is 206 g/mol. The van der Waals surface area contributed by atoms with Gasteiger partial charge < -0.3 is 14.6 Å². The lowest BCUT2D eigenvalue weighted by Crippen LogP contribution is -1.96. The molecule has 2 heterocycles. The Morgan fingerprint density at radius 2 is 2.12 bits per heavy atom. The Hall–Kier alpha value is -2.14. The van der Waals surface area contributed by atoms with E-state index in [0.29, 0.717) is 6.54 Å². The zero-order valence-corrected chi connectivity index (χ0v) is 8.50. The molecule has 0 unspecified atom stereocenters. The predicted molar refractivity (Wildman–Crippen MR) is 59.0 cm³/mol. The third-order valence-corrected chi connectivity index (χ3v) is 2.34. The molecule has 2 N–H and O–H groups in total. The third-order valence-electron chi connectivity index (χ3n) is 2.34. The van der Waals surface area contributed by atoms with Crippen LogP contribution in [0, 0.1) is 0 Å². The first kappa shape index (κ1) is 10.4. The number of nitrogens with zero attached hydrogens (tertiary/aromatic N) is 3. The van der Waals surface area contributed by atoms with Gasteiger partial charge >= 0.3 is 0 Å². The lowest BCUT2D eigenvalue weighted by atomic mass is 10.2. The van der Waals surface area contributed by atoms with Gasteiger partial charge in [0.15, 0.2) is 5.58 Å². The Kier molecular flexibility index (Phi) is 2.70. The molecular formula is C11H11N3O2. The molecule has 3 rings (SSSR count). The summed E-state index contributed by atoms with van der Waals surface area (Å²) in [5.74, 6) is 0. The van der Waals surface area contributed by atoms with Gasteiger partial charge in [0.1, 0.15) is 5.69 Å². The third kappa shape index (κ3) is 1.68. The monoisotopic (exact) mass is 217 g/mol. The van der Waals surface area contributed by atoms with E-state index in [-0.39, 0.29) is 5.48 Å². The van der Waals surface area contributed by atoms with Gasteiger partial charge in [-0.2, -0.15) is 0 Å². The minimum atomic E-state index is 0. The first-order chi connectivity index (χ1) is 7.43. The summed E-state index contributed by atoms with van der Waals surface area (Å²) in [5, 5.41) is 5.11. The molecule has 3 aromatic rings. The smallest absolute Gasteiger partial charge is 0.167 e. The van der Waals surface area contributed by atoms with Crippen molar-refractivity contribution in [2.45, 2.75) is 6.54 Å². The van der Waals surface area contributed by atoms with E-state index in [1.54, 1.807) is 12.5 Å². The Bertz CT molecular complexity index is 572. The number of imidazole rings is 1. The number of hydrogen-bond acceptors (Lipinski definition) is 3. The minimum Gasteiger partial charge on any atom is -0.412 e. The van der Waals surface area contributed by atoms with Gasteiger partial charge in [0.25, 0.3) is 0 Å². The Balaban J connectivity index is 0.000000963. The fourth-order valence-corrected chi connectivity index (χ4v) is 1.61. The maximum atomic E-state index is 5.21. The fourth-order valence-electron chi connectivity index (χ4n) is 1.61. The quantitative estimate of drug-likeness (QED) is 0.648. The maximum Gasteiger partial charge on any atom is 0.167 e. The Morgan fingerprint density at radius 1 is 1.25 bits per heavy atom. The fraction of sp³-hybridized carbons (Fsp3) is 0.0909. The highest BCUT2D eigenvalue weighted by Gasteiger charge is 2.06. The van der Waals surface area contributed by atoms with E-state index < -0.39 is 0 Å². The van der Waals surface area contributed by atoms with Gasteiger partial charge in [0.2, 0.25) is 0 Å². The molecule has 0 saturated heterocycles. The van der Waals surface area contributed by atoms with Crippen LogP contribution >= 0.6 is 0 Å². The van der Waals surface area contributed by atoms with E-state index >= 15 is 0 Å². The topological polar surface area (TPSA) is 75.3 Å². The Morgan fingerprint density at radius 3 is 2.94 bits per heavy atom. The number of para-hydroxylation sites is 1. The molecule has 82 valence electrons. The molecule has 0 bridgehead atoms. The second kappa shape index (κ2) is 4.16. The van der Waals surface area contributed by atoms with Crippen molar-refractivity contribution in [3.63, 3.8) is 0 Å². The number of fused-ring (bicyclic) bond motifs is 1. The predicted octanol–water partition coefficient (Wildman–Crippen LogP) is 1.25. The van der Waals surface area contributed by atoms with Crippen LogP contribution in [0.2, 0.25) is 0 Å². The van der Waals surface area contributed by atoms with Gasteiger partial charge in [0, 0.05) is 17.8 Å². The summed E-state index contributed by atoms with van der Waals surface area (Å²) in [7, 11) is 0. The summed E-state index contributed by atoms with van der Waals surface area (Å²) >= 11 is 0. The first-order valence-corrected chi connectivity index (χ1v) is 4.72. The molecule has 1 aromatic carbocycles. The van der Waals surface area contributed by atoms with Crippen LogP contribution < -0.4 is 0 Å². The minimum absolute atomic E-state index is 0. The molecule has 0 amide bonds. The summed E-state index contributed by atoms with van der Waals surface area (Å²) in [5.41, 5.74) is 1.76. The van der Waals surface area contributed by atoms with Gasteiger partial charge in [-0.3, -0.25) is 0 Å². The molecule has 0 atom stereocenters. The normalized spacial score (nSPS) is 10.2. The van der Waals surface area contributed by atoms with E-state index in [1.807, 2.05) is 35.0 Å². The van der Waals surface area contributed by atoms with Gasteiger partial charge in [-0.05, 0) is 12.1 Å². The molecule has 0 aliphatic rings. The molecule has 0 radical (unpaired) electrons. The summed E-state index contributed by atoms with van der Waals surface area (Å²) in [6, 6.07) is 7.85. The van der Waals surface area contributed by atoms with Crippen LogP contribution in [-0.4, -0.2) is 20.2 Å². The molecule has 2 aromatic heterocycles. The second-order valence-electron chi connectivity index (χ2n) is 3.36. The Labute approximate surface area is 91.6 Å². The lowest BCUT2D eigenvalue weighted by Gasteiger charge is -1.96. The van der Waals surface area contributed by atoms with E-state index in [4.69, 9.17) is 4.52 Å². The zero-order chi connectivity index (χ0) is 10.1. The molecule has 0 aliphatic heterocycles. The van der Waals surface area contributed by atoms with Crippen molar-refractivity contribution in [2.75, 3.05) is 0 Å². The average Bonchev–Trinajstić information content (AvgIpc) is 2.89. The van der Waals surface area contributed by atoms with Crippen molar-refractivity contribution in [2.24, 2.45) is 0 Å². The zero-order valence-electron chi connectivity index (χ0n) is 8.50. The van der Waals surface area contributed by atoms with Gasteiger partial charge in [-0.1, -0.05) is 17.3 Å². The highest BCUT2D eigenvalue weighted by molar-refractivity contribution is 5.79. The van der Waals surface area contributed by atoms with Crippen LogP contribution in [0.1, 0.15) is 5.69 Å². The van der Waals surface area contributed by atoms with Crippen molar-refractivity contribution < 1.29 is 10.00 Å². The van der Waals surface area contributed by atoms with Crippen molar-refractivity contribution in [1.82, 2.24) is 14.7 Å². The molecule has 0 saturated carbocycles. The maximum absolute atomic E-state index is 5.21. The molecule has 5 nitrogen and oxygen atoms in total. The van der Waals surface area contributed by atoms with Crippen molar-refractivity contribution in [3.05, 3.63) is 48.7 Å². The lowest BCUT2D eigenvalue weighted by molar-refractivity contribution is 0.443. The van der Waals surface area contributed by atoms with Crippen molar-refractivity contribution in [3.8, 4) is 0 Å². The standard InChI is InChI=1S/C11H9N3O.H2O/c1-2-4-11-9(3-1)10(13-15-11)7-14-6-5-12-8-14;/h1-6,8H,7H2;1H2. The average molecular weight is 217 g/mol. The van der Waals surface area contributed by atoms with Crippen LogP contribution in [0.3, 0.4) is 0 Å². The van der Waals surface area contributed by atoms with Crippen LogP contribution in [0.5, 0.6) is 0 Å². The number of rotatable bonds is 2. The number of benzene rings is 1. The van der Waals surface area contributed by atoms with E-state index in [1.165, 1.54) is 0 Å². The highest BCUT2D eigenvalue weighted by Crippen LogP contribution is 2.18. The molecule has 5 heteroatoms. The van der Waals surface area contributed by atoms with Crippen LogP contribution in [-0.2, 0) is 6.54 Å². The molecule has 0 aliphatic carbocycles. The highest BCUT2D eigenvalue weighted by atomic mass is 16.5. The SMILES string of the molecule is O.c1ccc2c(Cn3ccnc3)noc2c1. The molecule has 0 fully saturated rings. The van der Waals surface area contributed by atoms with Crippen LogP contribution in [0.25, 0.3) is 11.0 Å². The molecule has 0 spiro atoms. The van der Waals surface area contributed by atoms with Crippen LogP contribution in [0.4, 0.5) is 0 Å². The van der Waals surface area contributed by atoms with E-state index in [0.717, 1.165) is 16.7 Å². The number of aromatic nitrogens is 3. The van der Waals surface area contributed by atoms with Crippen LogP contribution in [0.15, 0.2) is 47.5 Å². The summed E-state index contributed by atoms with van der Waals surface area (Å²) in [6.07, 6.45) is 5.43. The van der Waals surface area contributed by atoms with Crippen molar-refractivity contribution in [1.29, 1.82) is 0 Å². The first-order valence-electron chi connectivity index (χ1n) is 4.72. The number of hydrogen-bond donors (Lipinski definition) is 0. The molecule has 16 heavy (non-hydrogen) atoms. The van der Waals surface area contributed by atoms with Gasteiger partial charge in [-0.15, -0.1) is 0 Å². The summed E-state index contributed by atoms with van der Waals surface area (Å²) < 4.78 is 7.18. The summed E-state index contributed by atoms with van der Waals surface area (Å²) in [6.45, 7) is 0.691. The largest absolute Gasteiger partial charge is 0.412 e. The summed E-state index contributed by atoms with van der Waals surface area (Å²) in [4.78, 5) is 3.99. The van der Waals surface area contributed by atoms with Crippen molar-refractivity contribution >= 4 is 11.0 Å².